The average Bonchev–Trinajstić information content (AvgIpc) is 2.77. The van der Waals surface area contributed by atoms with Crippen LogP contribution in [0.3, 0.4) is 0 Å². The number of pyridine rings is 1. The number of hydrogen-bond acceptors (Lipinski definition) is 7. The Balaban J connectivity index is 1.45. The number of nitrogens with zero attached hydrogens (tertiary/aromatic N) is 3. The SMILES string of the molecule is Cc1ccc(Cl)cc1S(=O)(=O)Nc1ccc(Nc2cc(Nc3ccccn3)ncn2)cc1. The van der Waals surface area contributed by atoms with E-state index in [4.69, 9.17) is 11.6 Å². The molecule has 2 heterocycles. The van der Waals surface area contributed by atoms with Gasteiger partial charge in [0.1, 0.15) is 23.8 Å². The molecule has 0 amide bonds. The van der Waals surface area contributed by atoms with Crippen LogP contribution >= 0.6 is 11.6 Å². The van der Waals surface area contributed by atoms with Crippen molar-refractivity contribution in [3.63, 3.8) is 0 Å². The molecule has 10 heteroatoms. The smallest absolute Gasteiger partial charge is 0.262 e. The Labute approximate surface area is 190 Å². The number of hydrogen-bond donors (Lipinski definition) is 3. The molecule has 8 nitrogen and oxygen atoms in total. The van der Waals surface area contributed by atoms with Crippen LogP contribution in [0.2, 0.25) is 5.02 Å². The molecule has 0 bridgehead atoms. The Kier molecular flexibility index (Phi) is 6.20. The van der Waals surface area contributed by atoms with Gasteiger partial charge in [0.05, 0.1) is 4.90 Å². The molecule has 0 unspecified atom stereocenters. The van der Waals surface area contributed by atoms with E-state index in [1.165, 1.54) is 12.4 Å². The van der Waals surface area contributed by atoms with Crippen LogP contribution in [0.1, 0.15) is 5.56 Å². The average molecular weight is 467 g/mol. The highest BCUT2D eigenvalue weighted by Gasteiger charge is 2.17. The Hall–Kier alpha value is -3.69. The molecule has 0 saturated heterocycles. The van der Waals surface area contributed by atoms with Gasteiger partial charge in [0.2, 0.25) is 0 Å². The maximum atomic E-state index is 12.7. The molecule has 32 heavy (non-hydrogen) atoms. The fraction of sp³-hybridized carbons (Fsp3) is 0.0455. The summed E-state index contributed by atoms with van der Waals surface area (Å²) >= 11 is 5.96. The van der Waals surface area contributed by atoms with Crippen LogP contribution in [-0.2, 0) is 10.0 Å². The van der Waals surface area contributed by atoms with Crippen LogP contribution in [0, 0.1) is 6.92 Å². The number of nitrogens with one attached hydrogen (secondary N) is 3. The van der Waals surface area contributed by atoms with Crippen LogP contribution < -0.4 is 15.4 Å². The highest BCUT2D eigenvalue weighted by atomic mass is 35.5. The Morgan fingerprint density at radius 2 is 1.50 bits per heavy atom. The van der Waals surface area contributed by atoms with E-state index in [9.17, 15) is 8.42 Å². The van der Waals surface area contributed by atoms with Crippen LogP contribution in [0.25, 0.3) is 0 Å². The predicted octanol–water partition coefficient (Wildman–Crippen LogP) is 5.12. The van der Waals surface area contributed by atoms with E-state index < -0.39 is 10.0 Å². The first kappa shape index (κ1) is 21.5. The second kappa shape index (κ2) is 9.21. The first-order valence-corrected chi connectivity index (χ1v) is 11.4. The number of sulfonamides is 1. The van der Waals surface area contributed by atoms with Gasteiger partial charge in [-0.15, -0.1) is 0 Å². The quantitative estimate of drug-likeness (QED) is 0.346. The predicted molar refractivity (Wildman–Crippen MR) is 126 cm³/mol. The monoisotopic (exact) mass is 466 g/mol. The largest absolute Gasteiger partial charge is 0.340 e. The van der Waals surface area contributed by atoms with Crippen LogP contribution in [0.4, 0.5) is 28.8 Å². The lowest BCUT2D eigenvalue weighted by Gasteiger charge is -2.12. The molecule has 3 N–H and O–H groups in total. The van der Waals surface area contributed by atoms with Gasteiger partial charge in [-0.05, 0) is 61.0 Å². The lowest BCUT2D eigenvalue weighted by Crippen LogP contribution is -2.14. The second-order valence-corrected chi connectivity index (χ2v) is 8.93. The molecule has 0 aliphatic carbocycles. The molecule has 0 radical (unpaired) electrons. The summed E-state index contributed by atoms with van der Waals surface area (Å²) in [6, 6.07) is 18.9. The standard InChI is InChI=1S/C22H19ClN6O2S/c1-15-5-6-16(23)12-19(15)32(30,31)29-18-9-7-17(8-10-18)27-21-13-22(26-14-25-21)28-20-4-2-3-11-24-20/h2-14,29H,1H3,(H2,24,25,26,27,28). The van der Waals surface area contributed by atoms with Crippen LogP contribution in [-0.4, -0.2) is 23.4 Å². The van der Waals surface area contributed by atoms with Crippen molar-refractivity contribution in [3.8, 4) is 0 Å². The molecule has 4 rings (SSSR count). The van der Waals surface area contributed by atoms with E-state index in [2.05, 4.69) is 30.3 Å². The van der Waals surface area contributed by atoms with E-state index in [1.807, 2.05) is 18.2 Å². The summed E-state index contributed by atoms with van der Waals surface area (Å²) in [5.41, 5.74) is 1.77. The van der Waals surface area contributed by atoms with Crippen molar-refractivity contribution >= 4 is 50.5 Å². The molecule has 0 aliphatic heterocycles. The number of aryl methyl sites for hydroxylation is 1. The minimum atomic E-state index is -3.76. The molecule has 162 valence electrons. The number of anilines is 5. The highest BCUT2D eigenvalue weighted by Crippen LogP contribution is 2.24. The number of rotatable bonds is 7. The first-order valence-electron chi connectivity index (χ1n) is 9.55. The van der Waals surface area contributed by atoms with Gasteiger partial charge < -0.3 is 10.6 Å². The van der Waals surface area contributed by atoms with Gasteiger partial charge in [0.25, 0.3) is 10.0 Å². The third-order valence-corrected chi connectivity index (χ3v) is 6.20. The van der Waals surface area contributed by atoms with Gasteiger partial charge in [-0.25, -0.2) is 23.4 Å². The molecule has 0 fully saturated rings. The molecule has 4 aromatic rings. The van der Waals surface area contributed by atoms with E-state index >= 15 is 0 Å². The maximum absolute atomic E-state index is 12.7. The second-order valence-electron chi connectivity index (χ2n) is 6.85. The van der Waals surface area contributed by atoms with Gasteiger partial charge in [-0.1, -0.05) is 23.7 Å². The van der Waals surface area contributed by atoms with Crippen LogP contribution in [0.5, 0.6) is 0 Å². The summed E-state index contributed by atoms with van der Waals surface area (Å²) in [6.45, 7) is 1.72. The highest BCUT2D eigenvalue weighted by molar-refractivity contribution is 7.92. The van der Waals surface area contributed by atoms with E-state index in [-0.39, 0.29) is 4.90 Å². The number of aromatic nitrogens is 3. The molecule has 2 aromatic carbocycles. The van der Waals surface area contributed by atoms with Gasteiger partial charge in [-0.3, -0.25) is 4.72 Å². The normalized spacial score (nSPS) is 11.1. The molecule has 2 aromatic heterocycles. The molecule has 0 aliphatic rings. The van der Waals surface area contributed by atoms with Crippen molar-refractivity contribution in [1.29, 1.82) is 0 Å². The third-order valence-electron chi connectivity index (χ3n) is 4.44. The summed E-state index contributed by atoms with van der Waals surface area (Å²) in [4.78, 5) is 12.7. The van der Waals surface area contributed by atoms with E-state index in [0.29, 0.717) is 33.7 Å². The molecular weight excluding hydrogens is 448 g/mol. The van der Waals surface area contributed by atoms with Crippen LogP contribution in [0.15, 0.2) is 84.1 Å². The third kappa shape index (κ3) is 5.32. The van der Waals surface area contributed by atoms with Crippen molar-refractivity contribution in [2.75, 3.05) is 15.4 Å². The molecular formula is C22H19ClN6O2S. The van der Waals surface area contributed by atoms with Gasteiger partial charge in [0, 0.05) is 28.7 Å². The van der Waals surface area contributed by atoms with Crippen molar-refractivity contribution < 1.29 is 8.42 Å². The van der Waals surface area contributed by atoms with E-state index in [0.717, 1.165) is 5.69 Å². The summed E-state index contributed by atoms with van der Waals surface area (Å²) in [7, 11) is -3.76. The number of halogens is 1. The lowest BCUT2D eigenvalue weighted by molar-refractivity contribution is 0.600. The zero-order valence-corrected chi connectivity index (χ0v) is 18.5. The first-order chi connectivity index (χ1) is 15.4. The molecule has 0 spiro atoms. The Morgan fingerprint density at radius 3 is 2.22 bits per heavy atom. The zero-order valence-electron chi connectivity index (χ0n) is 16.9. The fourth-order valence-corrected chi connectivity index (χ4v) is 4.47. The fourth-order valence-electron chi connectivity index (χ4n) is 2.90. The van der Waals surface area contributed by atoms with E-state index in [1.54, 1.807) is 55.6 Å². The minimum Gasteiger partial charge on any atom is -0.340 e. The van der Waals surface area contributed by atoms with Crippen molar-refractivity contribution in [3.05, 3.63) is 89.8 Å². The summed E-state index contributed by atoms with van der Waals surface area (Å²) in [5.74, 6) is 1.83. The van der Waals surface area contributed by atoms with Crippen molar-refractivity contribution in [1.82, 2.24) is 15.0 Å². The lowest BCUT2D eigenvalue weighted by atomic mass is 10.2. The van der Waals surface area contributed by atoms with Gasteiger partial charge in [-0.2, -0.15) is 0 Å². The summed E-state index contributed by atoms with van der Waals surface area (Å²) < 4.78 is 28.0. The van der Waals surface area contributed by atoms with Crippen molar-refractivity contribution in [2.45, 2.75) is 11.8 Å². The molecule has 0 saturated carbocycles. The topological polar surface area (TPSA) is 109 Å². The minimum absolute atomic E-state index is 0.140. The van der Waals surface area contributed by atoms with Crippen molar-refractivity contribution in [2.24, 2.45) is 0 Å². The molecule has 0 atom stereocenters. The van der Waals surface area contributed by atoms with Gasteiger partial charge >= 0.3 is 0 Å². The maximum Gasteiger partial charge on any atom is 0.262 e. The summed E-state index contributed by atoms with van der Waals surface area (Å²) in [6.07, 6.45) is 3.12. The zero-order chi connectivity index (χ0) is 22.6. The van der Waals surface area contributed by atoms with Gasteiger partial charge in [0.15, 0.2) is 0 Å². The Bertz CT molecular complexity index is 1330. The number of benzene rings is 2. The summed E-state index contributed by atoms with van der Waals surface area (Å²) in [5, 5.41) is 6.62. The Morgan fingerprint density at radius 1 is 0.781 bits per heavy atom.